The number of carboxylic acids is 1. The Kier molecular flexibility index (Phi) is 10.2. The normalized spacial score (nSPS) is 26.8. The van der Waals surface area contributed by atoms with Crippen LogP contribution in [-0.4, -0.2) is 56.9 Å². The number of ether oxygens (including phenoxy) is 1. The summed E-state index contributed by atoms with van der Waals surface area (Å²) in [5.74, 6) is -0.752. The summed E-state index contributed by atoms with van der Waals surface area (Å²) in [6.45, 7) is 1.87. The van der Waals surface area contributed by atoms with E-state index in [-0.39, 0.29) is 12.5 Å². The van der Waals surface area contributed by atoms with Gasteiger partial charge < -0.3 is 25.2 Å². The van der Waals surface area contributed by atoms with Gasteiger partial charge in [-0.25, -0.2) is 0 Å². The van der Waals surface area contributed by atoms with Crippen molar-refractivity contribution in [3.63, 3.8) is 0 Å². The molecule has 6 nitrogen and oxygen atoms in total. The van der Waals surface area contributed by atoms with E-state index in [1.807, 2.05) is 6.92 Å². The zero-order chi connectivity index (χ0) is 17.9. The van der Waals surface area contributed by atoms with Crippen molar-refractivity contribution in [1.29, 1.82) is 0 Å². The number of rotatable bonds is 12. The molecule has 0 radical (unpaired) electrons. The highest BCUT2D eigenvalue weighted by atomic mass is 16.5. The summed E-state index contributed by atoms with van der Waals surface area (Å²) in [7, 11) is 0. The van der Waals surface area contributed by atoms with Gasteiger partial charge in [-0.2, -0.15) is 0 Å². The Bertz CT molecular complexity index is 384. The lowest BCUT2D eigenvalue weighted by atomic mass is 10.0. The van der Waals surface area contributed by atoms with Crippen LogP contribution in [-0.2, 0) is 9.53 Å². The first-order valence-electron chi connectivity index (χ1n) is 9.03. The molecule has 0 spiro atoms. The number of hydrogen-bond donors (Lipinski definition) is 4. The molecule has 24 heavy (non-hydrogen) atoms. The molecular weight excluding hydrogens is 312 g/mol. The Hall–Kier alpha value is -0.950. The smallest absolute Gasteiger partial charge is 0.303 e. The van der Waals surface area contributed by atoms with E-state index in [4.69, 9.17) is 9.84 Å². The number of aliphatic hydroxyl groups excluding tert-OH is 3. The number of aliphatic carboxylic acids is 1. The molecule has 1 aliphatic heterocycles. The second kappa shape index (κ2) is 11.6. The quantitative estimate of drug-likeness (QED) is 0.319. The number of aliphatic hydroxyl groups is 3. The van der Waals surface area contributed by atoms with Crippen LogP contribution in [0.1, 0.15) is 64.7 Å². The van der Waals surface area contributed by atoms with Crippen molar-refractivity contribution < 1.29 is 30.0 Å². The molecule has 1 rings (SSSR count). The summed E-state index contributed by atoms with van der Waals surface area (Å²) < 4.78 is 5.69. The first-order valence-corrected chi connectivity index (χ1v) is 9.03. The largest absolute Gasteiger partial charge is 0.481 e. The summed E-state index contributed by atoms with van der Waals surface area (Å²) in [5.41, 5.74) is 0. The van der Waals surface area contributed by atoms with Crippen LogP contribution >= 0.6 is 0 Å². The molecule has 0 unspecified atom stereocenters. The maximum atomic E-state index is 10.4. The fourth-order valence-electron chi connectivity index (χ4n) is 2.86. The molecule has 1 fully saturated rings. The third kappa shape index (κ3) is 8.24. The van der Waals surface area contributed by atoms with Gasteiger partial charge in [-0.3, -0.25) is 4.79 Å². The second-order valence-electron chi connectivity index (χ2n) is 6.57. The van der Waals surface area contributed by atoms with E-state index in [2.05, 4.69) is 0 Å². The van der Waals surface area contributed by atoms with Gasteiger partial charge in [-0.15, -0.1) is 0 Å². The minimum absolute atomic E-state index is 0.220. The van der Waals surface area contributed by atoms with Crippen molar-refractivity contribution in [1.82, 2.24) is 0 Å². The molecule has 0 saturated carbocycles. The first-order chi connectivity index (χ1) is 11.4. The highest BCUT2D eigenvalue weighted by molar-refractivity contribution is 5.66. The van der Waals surface area contributed by atoms with Crippen molar-refractivity contribution in [2.24, 2.45) is 0 Å². The van der Waals surface area contributed by atoms with E-state index in [1.54, 1.807) is 12.2 Å². The van der Waals surface area contributed by atoms with Crippen LogP contribution in [0.3, 0.4) is 0 Å². The molecule has 0 aromatic heterocycles. The molecule has 1 heterocycles. The molecule has 6 heteroatoms. The first kappa shape index (κ1) is 21.1. The lowest BCUT2D eigenvalue weighted by Crippen LogP contribution is -2.26. The van der Waals surface area contributed by atoms with E-state index in [0.717, 1.165) is 25.7 Å². The Morgan fingerprint density at radius 1 is 1.21 bits per heavy atom. The maximum absolute atomic E-state index is 10.4. The van der Waals surface area contributed by atoms with E-state index < -0.39 is 30.4 Å². The Balaban J connectivity index is 2.18. The second-order valence-corrected chi connectivity index (χ2v) is 6.57. The van der Waals surface area contributed by atoms with Crippen LogP contribution in [0.25, 0.3) is 0 Å². The summed E-state index contributed by atoms with van der Waals surface area (Å²) in [4.78, 5) is 10.4. The van der Waals surface area contributed by atoms with Crippen LogP contribution in [0.5, 0.6) is 0 Å². The fourth-order valence-corrected chi connectivity index (χ4v) is 2.86. The molecule has 0 aliphatic carbocycles. The van der Waals surface area contributed by atoms with Gasteiger partial charge in [0, 0.05) is 12.8 Å². The van der Waals surface area contributed by atoms with E-state index >= 15 is 0 Å². The van der Waals surface area contributed by atoms with Gasteiger partial charge in [0.25, 0.3) is 0 Å². The van der Waals surface area contributed by atoms with E-state index in [0.29, 0.717) is 25.7 Å². The van der Waals surface area contributed by atoms with Gasteiger partial charge in [-0.1, -0.05) is 44.8 Å². The summed E-state index contributed by atoms with van der Waals surface area (Å²) in [6, 6.07) is 0. The minimum atomic E-state index is -0.752. The molecule has 0 bridgehead atoms. The number of unbranched alkanes of at least 4 members (excludes halogenated alkanes) is 4. The fraction of sp³-hybridized carbons (Fsp3) is 0.833. The average molecular weight is 344 g/mol. The third-order valence-electron chi connectivity index (χ3n) is 4.45. The van der Waals surface area contributed by atoms with E-state index in [1.165, 1.54) is 0 Å². The monoisotopic (exact) mass is 344 g/mol. The summed E-state index contributed by atoms with van der Waals surface area (Å²) in [5, 5.41) is 38.2. The van der Waals surface area contributed by atoms with Crippen LogP contribution in [0.2, 0.25) is 0 Å². The van der Waals surface area contributed by atoms with Crippen molar-refractivity contribution >= 4 is 5.97 Å². The standard InChI is InChI=1S/C18H32O6/c1-2-13(19)10-11-16-15(21)12-17(24-16)14(20)8-6-4-3-5-7-9-18(22)23/h10-11,13-17,19-21H,2-9,12H2,1H3,(H,22,23)/b11-10+/t13-,14-,15+,16-,17+/m0/s1. The topological polar surface area (TPSA) is 107 Å². The molecule has 0 amide bonds. The van der Waals surface area contributed by atoms with Gasteiger partial charge in [0.2, 0.25) is 0 Å². The Labute approximate surface area is 144 Å². The summed E-state index contributed by atoms with van der Waals surface area (Å²) >= 11 is 0. The van der Waals surface area contributed by atoms with Crippen molar-refractivity contribution in [3.05, 3.63) is 12.2 Å². The van der Waals surface area contributed by atoms with Crippen LogP contribution in [0.15, 0.2) is 12.2 Å². The zero-order valence-corrected chi connectivity index (χ0v) is 14.5. The van der Waals surface area contributed by atoms with Crippen molar-refractivity contribution in [2.75, 3.05) is 0 Å². The van der Waals surface area contributed by atoms with Gasteiger partial charge in [0.05, 0.1) is 24.4 Å². The average Bonchev–Trinajstić information content (AvgIpc) is 2.92. The van der Waals surface area contributed by atoms with Crippen molar-refractivity contribution in [2.45, 2.75) is 95.2 Å². The predicted molar refractivity (Wildman–Crippen MR) is 90.7 cm³/mol. The third-order valence-corrected chi connectivity index (χ3v) is 4.45. The molecular formula is C18H32O6. The number of carboxylic acid groups (broad SMARTS) is 1. The van der Waals surface area contributed by atoms with Gasteiger partial charge in [0.1, 0.15) is 6.10 Å². The van der Waals surface area contributed by atoms with Gasteiger partial charge in [-0.05, 0) is 19.3 Å². The maximum Gasteiger partial charge on any atom is 0.303 e. The Morgan fingerprint density at radius 3 is 2.54 bits per heavy atom. The predicted octanol–water partition coefficient (Wildman–Crippen LogP) is 2.01. The molecule has 140 valence electrons. The molecule has 5 atom stereocenters. The zero-order valence-electron chi connectivity index (χ0n) is 14.5. The summed E-state index contributed by atoms with van der Waals surface area (Å²) in [6.07, 6.45) is 6.89. The number of hydrogen-bond acceptors (Lipinski definition) is 5. The van der Waals surface area contributed by atoms with Gasteiger partial charge in [0.15, 0.2) is 0 Å². The molecule has 1 aliphatic rings. The minimum Gasteiger partial charge on any atom is -0.481 e. The van der Waals surface area contributed by atoms with Crippen LogP contribution in [0.4, 0.5) is 0 Å². The number of carbonyl (C=O) groups is 1. The van der Waals surface area contributed by atoms with Crippen molar-refractivity contribution in [3.8, 4) is 0 Å². The van der Waals surface area contributed by atoms with Crippen LogP contribution < -0.4 is 0 Å². The van der Waals surface area contributed by atoms with Crippen LogP contribution in [0, 0.1) is 0 Å². The highest BCUT2D eigenvalue weighted by Gasteiger charge is 2.36. The molecule has 0 aromatic rings. The Morgan fingerprint density at radius 2 is 1.88 bits per heavy atom. The lowest BCUT2D eigenvalue weighted by Gasteiger charge is -2.18. The molecule has 1 saturated heterocycles. The van der Waals surface area contributed by atoms with Gasteiger partial charge >= 0.3 is 5.97 Å². The lowest BCUT2D eigenvalue weighted by molar-refractivity contribution is -0.137. The SMILES string of the molecule is CC[C@H](O)/C=C/[C@@H]1O[C@@H]([C@@H](O)CCCCCCCC(=O)O)C[C@H]1O. The highest BCUT2D eigenvalue weighted by Crippen LogP contribution is 2.26. The molecule has 4 N–H and O–H groups in total. The molecule has 0 aromatic carbocycles. The van der Waals surface area contributed by atoms with E-state index in [9.17, 15) is 20.1 Å².